The lowest BCUT2D eigenvalue weighted by Crippen LogP contribution is -2.36. The van der Waals surface area contributed by atoms with Crippen molar-refractivity contribution in [3.8, 4) is 0 Å². The highest BCUT2D eigenvalue weighted by Crippen LogP contribution is 2.23. The van der Waals surface area contributed by atoms with Gasteiger partial charge in [-0.15, -0.1) is 0 Å². The van der Waals surface area contributed by atoms with Crippen LogP contribution in [0.1, 0.15) is 20.3 Å². The van der Waals surface area contributed by atoms with Gasteiger partial charge in [0.05, 0.1) is 34.8 Å². The number of aryl methyl sites for hydroxylation is 1. The number of hydrogen-bond acceptors (Lipinski definition) is 5. The van der Waals surface area contributed by atoms with E-state index in [-0.39, 0.29) is 17.3 Å². The summed E-state index contributed by atoms with van der Waals surface area (Å²) >= 11 is 0. The third-order valence-electron chi connectivity index (χ3n) is 4.31. The van der Waals surface area contributed by atoms with Crippen LogP contribution in [0, 0.1) is 16.0 Å². The second-order valence-corrected chi connectivity index (χ2v) is 6.94. The molecule has 0 bridgehead atoms. The number of non-ortho nitro benzene ring substituents is 1. The van der Waals surface area contributed by atoms with E-state index in [1.54, 1.807) is 24.5 Å². The van der Waals surface area contributed by atoms with Crippen LogP contribution in [0.25, 0.3) is 11.0 Å². The lowest BCUT2D eigenvalue weighted by atomic mass is 10.1. The Kier molecular flexibility index (Phi) is 4.18. The minimum atomic E-state index is -0.920. The topological polar surface area (TPSA) is 99.5 Å². The molecule has 1 aromatic heterocycles. The largest absolute Gasteiger partial charge is 0.390 e. The van der Waals surface area contributed by atoms with Crippen LogP contribution in [0.15, 0.2) is 23.0 Å². The molecule has 0 unspecified atom stereocenters. The molecule has 1 saturated heterocycles. The molecule has 1 aliphatic heterocycles. The molecule has 130 valence electrons. The summed E-state index contributed by atoms with van der Waals surface area (Å²) in [5.74, 6) is 0.284. The summed E-state index contributed by atoms with van der Waals surface area (Å²) in [6.45, 7) is 5.42. The van der Waals surface area contributed by atoms with Crippen molar-refractivity contribution >= 4 is 16.7 Å². The molecule has 0 saturated carbocycles. The summed E-state index contributed by atoms with van der Waals surface area (Å²) in [5, 5.41) is 21.0. The predicted molar refractivity (Wildman–Crippen MR) is 88.1 cm³/mol. The maximum Gasteiger partial charge on any atom is 0.329 e. The predicted octanol–water partition coefficient (Wildman–Crippen LogP) is 1.52. The Morgan fingerprint density at radius 1 is 1.33 bits per heavy atom. The highest BCUT2D eigenvalue weighted by Gasteiger charge is 2.24. The van der Waals surface area contributed by atoms with E-state index < -0.39 is 10.5 Å². The number of fused-ring (bicyclic) bond motifs is 1. The van der Waals surface area contributed by atoms with E-state index in [0.717, 1.165) is 0 Å². The monoisotopic (exact) mass is 335 g/mol. The van der Waals surface area contributed by atoms with Crippen molar-refractivity contribution in [3.63, 3.8) is 0 Å². The van der Waals surface area contributed by atoms with Crippen LogP contribution >= 0.6 is 0 Å². The van der Waals surface area contributed by atoms with Crippen molar-refractivity contribution in [1.82, 2.24) is 9.13 Å². The minimum Gasteiger partial charge on any atom is -0.390 e. The summed E-state index contributed by atoms with van der Waals surface area (Å²) in [7, 11) is 0. The molecule has 0 spiro atoms. The molecular formula is C16H21N3O5. The fourth-order valence-corrected chi connectivity index (χ4v) is 2.85. The average Bonchev–Trinajstić information content (AvgIpc) is 2.70. The number of nitro benzene ring substituents is 1. The normalized spacial score (nSPS) is 15.6. The van der Waals surface area contributed by atoms with Crippen molar-refractivity contribution in [2.45, 2.75) is 39.0 Å². The summed E-state index contributed by atoms with van der Waals surface area (Å²) in [5.41, 5.74) is 0.0216. The van der Waals surface area contributed by atoms with Gasteiger partial charge in [0.1, 0.15) is 0 Å². The van der Waals surface area contributed by atoms with E-state index in [4.69, 9.17) is 4.74 Å². The molecule has 0 aliphatic carbocycles. The number of aromatic nitrogens is 2. The van der Waals surface area contributed by atoms with Gasteiger partial charge < -0.3 is 9.84 Å². The van der Waals surface area contributed by atoms with Gasteiger partial charge in [-0.05, 0) is 26.3 Å². The number of aliphatic hydroxyl groups is 1. The van der Waals surface area contributed by atoms with Crippen molar-refractivity contribution in [2.75, 3.05) is 13.2 Å². The number of rotatable bonds is 6. The average molecular weight is 335 g/mol. The third kappa shape index (κ3) is 3.20. The van der Waals surface area contributed by atoms with Crippen LogP contribution in [-0.2, 0) is 17.8 Å². The Bertz CT molecular complexity index is 827. The number of nitro groups is 1. The number of benzene rings is 1. The van der Waals surface area contributed by atoms with Crippen LogP contribution in [0.4, 0.5) is 5.69 Å². The van der Waals surface area contributed by atoms with E-state index >= 15 is 0 Å². The lowest BCUT2D eigenvalue weighted by Gasteiger charge is -2.26. The first-order chi connectivity index (χ1) is 11.3. The van der Waals surface area contributed by atoms with Gasteiger partial charge >= 0.3 is 5.69 Å². The molecule has 24 heavy (non-hydrogen) atoms. The fraction of sp³-hybridized carbons (Fsp3) is 0.562. The smallest absolute Gasteiger partial charge is 0.329 e. The molecule has 2 heterocycles. The Labute approximate surface area is 138 Å². The molecule has 0 amide bonds. The van der Waals surface area contributed by atoms with E-state index in [1.165, 1.54) is 16.7 Å². The number of imidazole rings is 1. The fourth-order valence-electron chi connectivity index (χ4n) is 2.85. The molecule has 1 N–H and O–H groups in total. The molecule has 0 radical (unpaired) electrons. The quantitative estimate of drug-likeness (QED) is 0.637. The highest BCUT2D eigenvalue weighted by atomic mass is 16.6. The van der Waals surface area contributed by atoms with Gasteiger partial charge in [0, 0.05) is 31.1 Å². The molecule has 8 heteroatoms. The Morgan fingerprint density at radius 3 is 2.58 bits per heavy atom. The van der Waals surface area contributed by atoms with Gasteiger partial charge in [-0.3, -0.25) is 19.2 Å². The number of hydrogen-bond donors (Lipinski definition) is 1. The lowest BCUT2D eigenvalue weighted by molar-refractivity contribution is -0.384. The molecule has 1 aliphatic rings. The van der Waals surface area contributed by atoms with Crippen LogP contribution in [0.2, 0.25) is 0 Å². The minimum absolute atomic E-state index is 0.0522. The van der Waals surface area contributed by atoms with Crippen LogP contribution < -0.4 is 5.69 Å². The van der Waals surface area contributed by atoms with Crippen molar-refractivity contribution in [1.29, 1.82) is 0 Å². The second-order valence-electron chi connectivity index (χ2n) is 6.94. The molecule has 1 aromatic carbocycles. The van der Waals surface area contributed by atoms with Crippen LogP contribution in [-0.4, -0.2) is 38.0 Å². The zero-order valence-corrected chi connectivity index (χ0v) is 13.8. The summed E-state index contributed by atoms with van der Waals surface area (Å²) < 4.78 is 8.33. The molecule has 8 nitrogen and oxygen atoms in total. The van der Waals surface area contributed by atoms with E-state index in [0.29, 0.717) is 43.8 Å². The first-order valence-corrected chi connectivity index (χ1v) is 7.94. The summed E-state index contributed by atoms with van der Waals surface area (Å²) in [6.07, 6.45) is 0.376. The summed E-state index contributed by atoms with van der Waals surface area (Å²) in [4.78, 5) is 23.4. The van der Waals surface area contributed by atoms with Crippen molar-refractivity contribution < 1.29 is 14.8 Å². The van der Waals surface area contributed by atoms with Gasteiger partial charge in [-0.1, -0.05) is 0 Å². The van der Waals surface area contributed by atoms with Crippen molar-refractivity contribution in [3.05, 3.63) is 38.8 Å². The van der Waals surface area contributed by atoms with Gasteiger partial charge in [0.25, 0.3) is 5.69 Å². The van der Waals surface area contributed by atoms with Gasteiger partial charge in [0.2, 0.25) is 0 Å². The van der Waals surface area contributed by atoms with E-state index in [9.17, 15) is 20.0 Å². The summed E-state index contributed by atoms with van der Waals surface area (Å²) in [6, 6.07) is 4.46. The van der Waals surface area contributed by atoms with Gasteiger partial charge in [-0.25, -0.2) is 4.79 Å². The Balaban J connectivity index is 2.08. The van der Waals surface area contributed by atoms with E-state index in [1.807, 2.05) is 0 Å². The Hall–Kier alpha value is -2.19. The SMILES string of the molecule is CC(C)(O)CCn1c(=O)n(CC2COC2)c2ccc([N+](=O)[O-])cc21. The zero-order chi connectivity index (χ0) is 17.5. The van der Waals surface area contributed by atoms with Crippen LogP contribution in [0.5, 0.6) is 0 Å². The van der Waals surface area contributed by atoms with Gasteiger partial charge in [-0.2, -0.15) is 0 Å². The Morgan fingerprint density at radius 2 is 2.04 bits per heavy atom. The first-order valence-electron chi connectivity index (χ1n) is 7.94. The molecule has 0 atom stereocenters. The maximum absolute atomic E-state index is 12.8. The maximum atomic E-state index is 12.8. The van der Waals surface area contributed by atoms with Gasteiger partial charge in [0.15, 0.2) is 0 Å². The number of ether oxygens (including phenoxy) is 1. The van der Waals surface area contributed by atoms with Crippen molar-refractivity contribution in [2.24, 2.45) is 5.92 Å². The zero-order valence-electron chi connectivity index (χ0n) is 13.8. The third-order valence-corrected chi connectivity index (χ3v) is 4.31. The molecular weight excluding hydrogens is 314 g/mol. The van der Waals surface area contributed by atoms with Crippen LogP contribution in [0.3, 0.4) is 0 Å². The standard InChI is InChI=1S/C16H21N3O5/c1-16(2,21)5-6-17-14-7-12(19(22)23)3-4-13(14)18(15(17)20)8-11-9-24-10-11/h3-4,7,11,21H,5-6,8-10H2,1-2H3. The number of nitrogens with zero attached hydrogens (tertiary/aromatic N) is 3. The molecule has 2 aromatic rings. The highest BCUT2D eigenvalue weighted by molar-refractivity contribution is 5.78. The molecule has 3 rings (SSSR count). The molecule has 1 fully saturated rings. The second kappa shape index (κ2) is 6.03. The van der Waals surface area contributed by atoms with E-state index in [2.05, 4.69) is 0 Å². The first kappa shape index (κ1) is 16.7.